The summed E-state index contributed by atoms with van der Waals surface area (Å²) in [5, 5.41) is 8.99. The van der Waals surface area contributed by atoms with Gasteiger partial charge in [0.2, 0.25) is 5.82 Å². The van der Waals surface area contributed by atoms with Gasteiger partial charge in [-0.05, 0) is 42.6 Å². The number of hydrogen-bond acceptors (Lipinski definition) is 8. The highest BCUT2D eigenvalue weighted by molar-refractivity contribution is 7.19. The second-order valence-electron chi connectivity index (χ2n) is 5.62. The minimum atomic E-state index is -0.380. The lowest BCUT2D eigenvalue weighted by Crippen LogP contribution is -2.20. The van der Waals surface area contributed by atoms with E-state index in [1.165, 1.54) is 46.9 Å². The molecule has 0 aliphatic carbocycles. The number of benzene rings is 1. The summed E-state index contributed by atoms with van der Waals surface area (Å²) in [6.07, 6.45) is 0. The Hall–Kier alpha value is -3.11. The number of ether oxygens (including phenoxy) is 1. The molecule has 28 heavy (non-hydrogen) atoms. The van der Waals surface area contributed by atoms with Crippen LogP contribution in [-0.4, -0.2) is 27.6 Å². The average Bonchev–Trinajstić information content (AvgIpc) is 3.41. The quantitative estimate of drug-likeness (QED) is 0.501. The topological polar surface area (TPSA) is 90.1 Å². The monoisotopic (exact) mass is 416 g/mol. The Bertz CT molecular complexity index is 1090. The zero-order valence-corrected chi connectivity index (χ0v) is 16.1. The molecule has 4 rings (SSSR count). The van der Waals surface area contributed by atoms with Crippen LogP contribution in [0.4, 0.5) is 9.52 Å². The molecular formula is C18H13FN4O3S2. The van der Waals surface area contributed by atoms with Crippen molar-refractivity contribution in [1.82, 2.24) is 15.1 Å². The van der Waals surface area contributed by atoms with Gasteiger partial charge in [-0.3, -0.25) is 10.1 Å². The lowest BCUT2D eigenvalue weighted by molar-refractivity contribution is -0.118. The molecule has 0 saturated carbocycles. The lowest BCUT2D eigenvalue weighted by atomic mass is 10.3. The maximum absolute atomic E-state index is 12.9. The zero-order chi connectivity index (χ0) is 19.5. The van der Waals surface area contributed by atoms with Crippen molar-refractivity contribution in [3.8, 4) is 27.2 Å². The third kappa shape index (κ3) is 4.07. The molecule has 0 radical (unpaired) electrons. The van der Waals surface area contributed by atoms with Crippen molar-refractivity contribution in [2.24, 2.45) is 0 Å². The Labute approximate surface area is 166 Å². The number of thiophene rings is 1. The maximum Gasteiger partial charge on any atom is 0.270 e. The zero-order valence-electron chi connectivity index (χ0n) is 14.5. The van der Waals surface area contributed by atoms with E-state index in [0.717, 1.165) is 4.88 Å². The number of aromatic nitrogens is 3. The van der Waals surface area contributed by atoms with Crippen molar-refractivity contribution in [1.29, 1.82) is 0 Å². The Morgan fingerprint density at radius 2 is 2.07 bits per heavy atom. The highest BCUT2D eigenvalue weighted by Crippen LogP contribution is 2.33. The number of carbonyl (C=O) groups is 1. The van der Waals surface area contributed by atoms with E-state index in [1.807, 2.05) is 17.5 Å². The van der Waals surface area contributed by atoms with E-state index < -0.39 is 0 Å². The van der Waals surface area contributed by atoms with Gasteiger partial charge in [-0.2, -0.15) is 4.98 Å². The van der Waals surface area contributed by atoms with Gasteiger partial charge in [0.05, 0.1) is 10.6 Å². The van der Waals surface area contributed by atoms with E-state index in [0.29, 0.717) is 33.2 Å². The van der Waals surface area contributed by atoms with Crippen molar-refractivity contribution in [2.45, 2.75) is 6.92 Å². The van der Waals surface area contributed by atoms with Gasteiger partial charge in [0.1, 0.15) is 16.4 Å². The van der Waals surface area contributed by atoms with E-state index in [1.54, 1.807) is 6.92 Å². The minimum Gasteiger partial charge on any atom is -0.484 e. The van der Waals surface area contributed by atoms with Crippen LogP contribution in [0.1, 0.15) is 5.69 Å². The summed E-state index contributed by atoms with van der Waals surface area (Å²) in [6.45, 7) is 1.58. The first-order chi connectivity index (χ1) is 13.6. The first-order valence-corrected chi connectivity index (χ1v) is 9.82. The van der Waals surface area contributed by atoms with Crippen LogP contribution in [0, 0.1) is 12.7 Å². The predicted molar refractivity (Wildman–Crippen MR) is 104 cm³/mol. The highest BCUT2D eigenvalue weighted by Gasteiger charge is 2.18. The number of aryl methyl sites for hydroxylation is 1. The molecule has 0 unspecified atom stereocenters. The lowest BCUT2D eigenvalue weighted by Gasteiger charge is -2.05. The molecule has 7 nitrogen and oxygen atoms in total. The van der Waals surface area contributed by atoms with Crippen LogP contribution < -0.4 is 10.1 Å². The Morgan fingerprint density at radius 1 is 1.25 bits per heavy atom. The van der Waals surface area contributed by atoms with Gasteiger partial charge in [-0.15, -0.1) is 11.3 Å². The van der Waals surface area contributed by atoms with Gasteiger partial charge in [-0.1, -0.05) is 22.6 Å². The molecule has 1 aromatic carbocycles. The summed E-state index contributed by atoms with van der Waals surface area (Å²) in [4.78, 5) is 22.4. The molecule has 0 aliphatic rings. The molecule has 1 amide bonds. The van der Waals surface area contributed by atoms with Crippen molar-refractivity contribution in [2.75, 3.05) is 11.9 Å². The molecule has 1 N–H and O–H groups in total. The molecule has 0 atom stereocenters. The fourth-order valence-electron chi connectivity index (χ4n) is 2.30. The normalized spacial score (nSPS) is 10.8. The van der Waals surface area contributed by atoms with Gasteiger partial charge in [0.25, 0.3) is 11.8 Å². The number of anilines is 1. The van der Waals surface area contributed by atoms with Crippen molar-refractivity contribution in [3.63, 3.8) is 0 Å². The van der Waals surface area contributed by atoms with Crippen LogP contribution in [0.15, 0.2) is 46.3 Å². The van der Waals surface area contributed by atoms with E-state index in [2.05, 4.69) is 20.4 Å². The molecule has 10 heteroatoms. The number of amides is 1. The number of thiazole rings is 1. The smallest absolute Gasteiger partial charge is 0.270 e. The Morgan fingerprint density at radius 3 is 2.82 bits per heavy atom. The van der Waals surface area contributed by atoms with Gasteiger partial charge in [-0.25, -0.2) is 9.37 Å². The second kappa shape index (κ2) is 7.87. The average molecular weight is 416 g/mol. The molecule has 3 aromatic heterocycles. The fraction of sp³-hybridized carbons (Fsp3) is 0.111. The number of nitrogens with zero attached hydrogens (tertiary/aromatic N) is 3. The van der Waals surface area contributed by atoms with Gasteiger partial charge in [0.15, 0.2) is 11.7 Å². The third-order valence-corrected chi connectivity index (χ3v) is 5.52. The van der Waals surface area contributed by atoms with Crippen LogP contribution in [0.2, 0.25) is 0 Å². The first kappa shape index (κ1) is 18.3. The largest absolute Gasteiger partial charge is 0.484 e. The van der Waals surface area contributed by atoms with Crippen LogP contribution in [0.3, 0.4) is 0 Å². The van der Waals surface area contributed by atoms with Crippen molar-refractivity contribution >= 4 is 33.7 Å². The summed E-state index contributed by atoms with van der Waals surface area (Å²) in [5.74, 6) is 0.511. The van der Waals surface area contributed by atoms with Crippen LogP contribution in [-0.2, 0) is 4.79 Å². The summed E-state index contributed by atoms with van der Waals surface area (Å²) in [7, 11) is 0. The van der Waals surface area contributed by atoms with E-state index in [-0.39, 0.29) is 18.3 Å². The van der Waals surface area contributed by atoms with E-state index in [4.69, 9.17) is 9.26 Å². The van der Waals surface area contributed by atoms with Crippen LogP contribution in [0.25, 0.3) is 21.5 Å². The number of carbonyl (C=O) groups excluding carboxylic acids is 1. The van der Waals surface area contributed by atoms with E-state index >= 15 is 0 Å². The summed E-state index contributed by atoms with van der Waals surface area (Å²) >= 11 is 2.75. The summed E-state index contributed by atoms with van der Waals surface area (Å²) in [6, 6.07) is 9.25. The Kier molecular flexibility index (Phi) is 5.13. The number of hydrogen-bond donors (Lipinski definition) is 1. The number of halogens is 1. The summed E-state index contributed by atoms with van der Waals surface area (Å²) in [5.41, 5.74) is 0.668. The van der Waals surface area contributed by atoms with Crippen molar-refractivity contribution in [3.05, 3.63) is 53.3 Å². The first-order valence-electron chi connectivity index (χ1n) is 8.12. The molecule has 0 fully saturated rings. The standard InChI is InChI=1S/C18H13FN4O3S2/c1-10-15(17-22-16(23-26-17)13-3-2-8-27-13)28-18(20-10)21-14(24)9-25-12-6-4-11(19)5-7-12/h2-8H,9H2,1H3,(H,20,21,24). The van der Waals surface area contributed by atoms with Gasteiger partial charge < -0.3 is 9.26 Å². The molecule has 0 bridgehead atoms. The second-order valence-corrected chi connectivity index (χ2v) is 7.57. The SMILES string of the molecule is Cc1nc(NC(=O)COc2ccc(F)cc2)sc1-c1nc(-c2cccs2)no1. The van der Waals surface area contributed by atoms with Crippen molar-refractivity contribution < 1.29 is 18.4 Å². The van der Waals surface area contributed by atoms with Gasteiger partial charge in [0, 0.05) is 0 Å². The van der Waals surface area contributed by atoms with Crippen LogP contribution in [0.5, 0.6) is 5.75 Å². The molecule has 142 valence electrons. The van der Waals surface area contributed by atoms with Crippen LogP contribution >= 0.6 is 22.7 Å². The third-order valence-electron chi connectivity index (χ3n) is 3.59. The number of nitrogens with one attached hydrogen (secondary N) is 1. The highest BCUT2D eigenvalue weighted by atomic mass is 32.1. The molecule has 0 saturated heterocycles. The molecule has 4 aromatic rings. The minimum absolute atomic E-state index is 0.220. The summed E-state index contributed by atoms with van der Waals surface area (Å²) < 4.78 is 23.5. The maximum atomic E-state index is 12.9. The number of rotatable bonds is 6. The molecule has 0 aliphatic heterocycles. The fourth-order valence-corrected chi connectivity index (χ4v) is 3.86. The van der Waals surface area contributed by atoms with E-state index in [9.17, 15) is 9.18 Å². The molecule has 3 heterocycles. The Balaban J connectivity index is 1.41. The molecule has 0 spiro atoms. The predicted octanol–water partition coefficient (Wildman–Crippen LogP) is 4.39. The molecular weight excluding hydrogens is 403 g/mol. The van der Waals surface area contributed by atoms with Gasteiger partial charge >= 0.3 is 0 Å².